The van der Waals surface area contributed by atoms with Crippen LogP contribution in [0.2, 0.25) is 0 Å². The number of carbonyl (C=O) groups is 1. The van der Waals surface area contributed by atoms with Crippen LogP contribution in [0.25, 0.3) is 0 Å². The Morgan fingerprint density at radius 2 is 1.28 bits per heavy atom. The number of piperidine rings is 1. The molecular formula is C26H31F7N2O. The number of benzene rings is 2. The number of halogens is 7. The monoisotopic (exact) mass is 520 g/mol. The molecule has 0 aliphatic carbocycles. The molecule has 1 aliphatic heterocycles. The van der Waals surface area contributed by atoms with Crippen molar-refractivity contribution in [2.24, 2.45) is 0 Å². The molecule has 0 spiro atoms. The summed E-state index contributed by atoms with van der Waals surface area (Å²) in [4.78, 5) is 14.4. The van der Waals surface area contributed by atoms with Crippen molar-refractivity contribution >= 4 is 5.91 Å². The van der Waals surface area contributed by atoms with E-state index in [0.717, 1.165) is 0 Å². The van der Waals surface area contributed by atoms with Crippen LogP contribution in [0.4, 0.5) is 30.7 Å². The van der Waals surface area contributed by atoms with Crippen LogP contribution in [0.15, 0.2) is 61.7 Å². The summed E-state index contributed by atoms with van der Waals surface area (Å²) in [6, 6.07) is 9.16. The SMILES string of the molecule is C=C.CN(C(=O)C(C)(C)c1cc(C(F)(F)F)cc(C(F)(F)F)c1)C1CCNCC1.Fc1ccccc1. The van der Waals surface area contributed by atoms with E-state index in [1.165, 1.54) is 30.9 Å². The maximum atomic E-state index is 13.1. The lowest BCUT2D eigenvalue weighted by Crippen LogP contribution is -2.49. The van der Waals surface area contributed by atoms with E-state index < -0.39 is 34.8 Å². The smallest absolute Gasteiger partial charge is 0.342 e. The van der Waals surface area contributed by atoms with Gasteiger partial charge in [0.15, 0.2) is 0 Å². The molecule has 3 nitrogen and oxygen atoms in total. The van der Waals surface area contributed by atoms with Gasteiger partial charge >= 0.3 is 12.4 Å². The summed E-state index contributed by atoms with van der Waals surface area (Å²) in [6.07, 6.45) is -8.55. The van der Waals surface area contributed by atoms with E-state index in [2.05, 4.69) is 18.5 Å². The van der Waals surface area contributed by atoms with Crippen molar-refractivity contribution in [2.75, 3.05) is 20.1 Å². The number of alkyl halides is 6. The molecule has 0 bridgehead atoms. The third kappa shape index (κ3) is 8.65. The number of nitrogens with one attached hydrogen (secondary N) is 1. The Morgan fingerprint density at radius 1 is 0.861 bits per heavy atom. The van der Waals surface area contributed by atoms with E-state index in [1.54, 1.807) is 25.2 Å². The Kier molecular flexibility index (Phi) is 11.2. The largest absolute Gasteiger partial charge is 0.416 e. The summed E-state index contributed by atoms with van der Waals surface area (Å²) in [7, 11) is 1.54. The van der Waals surface area contributed by atoms with Crippen molar-refractivity contribution in [1.82, 2.24) is 10.2 Å². The van der Waals surface area contributed by atoms with E-state index in [-0.39, 0.29) is 23.5 Å². The third-order valence-corrected chi connectivity index (χ3v) is 5.75. The second kappa shape index (κ2) is 12.9. The summed E-state index contributed by atoms with van der Waals surface area (Å²) in [5, 5.41) is 3.14. The first-order valence-corrected chi connectivity index (χ1v) is 11.1. The molecule has 36 heavy (non-hydrogen) atoms. The predicted octanol–water partition coefficient (Wildman–Crippen LogP) is 6.84. The van der Waals surface area contributed by atoms with Gasteiger partial charge in [-0.1, -0.05) is 18.2 Å². The molecule has 1 heterocycles. The molecule has 0 aromatic heterocycles. The van der Waals surface area contributed by atoms with Gasteiger partial charge in [0.1, 0.15) is 5.82 Å². The van der Waals surface area contributed by atoms with Crippen LogP contribution in [0.5, 0.6) is 0 Å². The molecule has 0 atom stereocenters. The molecule has 0 saturated carbocycles. The molecule has 1 aliphatic rings. The van der Waals surface area contributed by atoms with E-state index in [4.69, 9.17) is 0 Å². The molecule has 2 aromatic carbocycles. The summed E-state index contributed by atoms with van der Waals surface area (Å²) in [5.74, 6) is -0.690. The normalized spacial score (nSPS) is 14.6. The van der Waals surface area contributed by atoms with Crippen molar-refractivity contribution < 1.29 is 35.5 Å². The van der Waals surface area contributed by atoms with Crippen LogP contribution in [-0.2, 0) is 22.6 Å². The van der Waals surface area contributed by atoms with Crippen LogP contribution in [0.3, 0.4) is 0 Å². The molecule has 200 valence electrons. The molecule has 1 amide bonds. The average molecular weight is 521 g/mol. The Balaban J connectivity index is 0.000000609. The first kappa shape index (κ1) is 31.2. The van der Waals surface area contributed by atoms with Crippen LogP contribution in [0, 0.1) is 5.82 Å². The molecule has 1 saturated heterocycles. The van der Waals surface area contributed by atoms with Crippen molar-refractivity contribution in [3.05, 3.63) is 84.2 Å². The highest BCUT2D eigenvalue weighted by atomic mass is 19.4. The molecule has 10 heteroatoms. The van der Waals surface area contributed by atoms with Gasteiger partial charge in [-0.2, -0.15) is 26.3 Å². The van der Waals surface area contributed by atoms with Gasteiger partial charge in [0.05, 0.1) is 16.5 Å². The van der Waals surface area contributed by atoms with Crippen LogP contribution in [0.1, 0.15) is 43.4 Å². The first-order valence-electron chi connectivity index (χ1n) is 11.1. The minimum Gasteiger partial charge on any atom is -0.342 e. The number of carbonyl (C=O) groups excluding carboxylic acids is 1. The lowest BCUT2D eigenvalue weighted by Gasteiger charge is -2.37. The highest BCUT2D eigenvalue weighted by molar-refractivity contribution is 5.87. The topological polar surface area (TPSA) is 32.3 Å². The Labute approximate surface area is 207 Å². The number of hydrogen-bond acceptors (Lipinski definition) is 2. The van der Waals surface area contributed by atoms with Gasteiger partial charge in [0.2, 0.25) is 5.91 Å². The average Bonchev–Trinajstić information content (AvgIpc) is 2.84. The number of amides is 1. The van der Waals surface area contributed by atoms with Crippen LogP contribution in [-0.4, -0.2) is 37.0 Å². The zero-order valence-corrected chi connectivity index (χ0v) is 20.4. The van der Waals surface area contributed by atoms with Crippen molar-refractivity contribution in [1.29, 1.82) is 0 Å². The minimum atomic E-state index is -4.95. The fourth-order valence-electron chi connectivity index (χ4n) is 3.65. The highest BCUT2D eigenvalue weighted by Crippen LogP contribution is 2.39. The van der Waals surface area contributed by atoms with Gasteiger partial charge in [0, 0.05) is 13.1 Å². The minimum absolute atomic E-state index is 0.0700. The van der Waals surface area contributed by atoms with E-state index in [0.29, 0.717) is 38.1 Å². The number of likely N-dealkylation sites (N-methyl/N-ethyl adjacent to an activating group) is 1. The third-order valence-electron chi connectivity index (χ3n) is 5.75. The standard InChI is InChI=1S/C18H22F6N2O.C6H5F.C2H4/c1-16(2,15(27)26(3)14-4-6-25-7-5-14)11-8-12(17(19,20)21)10-13(9-11)18(22,23)24;7-6-4-2-1-3-5-6;1-2/h8-10,14,25H,4-7H2,1-3H3;1-5H;1-2H2. The maximum Gasteiger partial charge on any atom is 0.416 e. The van der Waals surface area contributed by atoms with Crippen molar-refractivity contribution in [3.8, 4) is 0 Å². The van der Waals surface area contributed by atoms with Gasteiger partial charge in [-0.05, 0) is 75.7 Å². The molecule has 0 unspecified atom stereocenters. The van der Waals surface area contributed by atoms with E-state index >= 15 is 0 Å². The Hall–Kier alpha value is -2.88. The van der Waals surface area contributed by atoms with E-state index in [9.17, 15) is 35.5 Å². The Bertz CT molecular complexity index is 934. The number of hydrogen-bond donors (Lipinski definition) is 1. The van der Waals surface area contributed by atoms with Crippen LogP contribution < -0.4 is 5.32 Å². The fourth-order valence-corrected chi connectivity index (χ4v) is 3.65. The second-order valence-corrected chi connectivity index (χ2v) is 8.61. The quantitative estimate of drug-likeness (QED) is 0.355. The lowest BCUT2D eigenvalue weighted by atomic mass is 9.81. The summed E-state index contributed by atoms with van der Waals surface area (Å²) >= 11 is 0. The molecule has 0 radical (unpaired) electrons. The van der Waals surface area contributed by atoms with Crippen LogP contribution >= 0.6 is 0 Å². The van der Waals surface area contributed by atoms with Crippen molar-refractivity contribution in [3.63, 3.8) is 0 Å². The zero-order chi connectivity index (χ0) is 27.7. The maximum absolute atomic E-state index is 13.1. The number of rotatable bonds is 3. The summed E-state index contributed by atoms with van der Waals surface area (Å²) in [6.45, 7) is 10.1. The van der Waals surface area contributed by atoms with Gasteiger partial charge < -0.3 is 10.2 Å². The highest BCUT2D eigenvalue weighted by Gasteiger charge is 2.41. The molecule has 1 fully saturated rings. The van der Waals surface area contributed by atoms with Gasteiger partial charge in [-0.25, -0.2) is 4.39 Å². The van der Waals surface area contributed by atoms with E-state index in [1.807, 2.05) is 0 Å². The van der Waals surface area contributed by atoms with Gasteiger partial charge in [-0.3, -0.25) is 4.79 Å². The Morgan fingerprint density at radius 3 is 1.64 bits per heavy atom. The summed E-state index contributed by atoms with van der Waals surface area (Å²) < 4.78 is 90.5. The fraction of sp³-hybridized carbons (Fsp3) is 0.423. The molecule has 1 N–H and O–H groups in total. The first-order chi connectivity index (χ1) is 16.6. The lowest BCUT2D eigenvalue weighted by molar-refractivity contribution is -0.144. The number of nitrogens with zero attached hydrogens (tertiary/aromatic N) is 1. The molecule has 2 aromatic rings. The molecule has 3 rings (SSSR count). The second-order valence-electron chi connectivity index (χ2n) is 8.61. The zero-order valence-electron chi connectivity index (χ0n) is 20.4. The summed E-state index contributed by atoms with van der Waals surface area (Å²) in [5.41, 5.74) is -4.69. The van der Waals surface area contributed by atoms with Gasteiger partial charge in [0.25, 0.3) is 0 Å². The van der Waals surface area contributed by atoms with Gasteiger partial charge in [-0.15, -0.1) is 13.2 Å². The van der Waals surface area contributed by atoms with Crippen molar-refractivity contribution in [2.45, 2.75) is 50.5 Å². The molecular weight excluding hydrogens is 489 g/mol. The predicted molar refractivity (Wildman–Crippen MR) is 126 cm³/mol.